The second-order valence-corrected chi connectivity index (χ2v) is 9.29. The first kappa shape index (κ1) is 19.8. The molecule has 1 fully saturated rings. The number of sulfonamides is 1. The topological polar surface area (TPSA) is 97.2 Å². The quantitative estimate of drug-likeness (QED) is 0.813. The number of carbonyl (C=O) groups is 1. The SMILES string of the molecule is CCCS(=O)(=O)N1CCCC[C@@H]1C(=O)Nc1cnc2c(cnn2C(C)C)c1. The highest BCUT2D eigenvalue weighted by Crippen LogP contribution is 2.24. The van der Waals surface area contributed by atoms with Gasteiger partial charge in [0.05, 0.1) is 23.8 Å². The number of rotatable bonds is 6. The second-order valence-electron chi connectivity index (χ2n) is 7.25. The fourth-order valence-electron chi connectivity index (χ4n) is 3.49. The summed E-state index contributed by atoms with van der Waals surface area (Å²) < 4.78 is 28.2. The molecule has 8 nitrogen and oxygen atoms in total. The Morgan fingerprint density at radius 2 is 2.11 bits per heavy atom. The number of hydrogen-bond donors (Lipinski definition) is 1. The van der Waals surface area contributed by atoms with Gasteiger partial charge in [-0.25, -0.2) is 18.1 Å². The first-order chi connectivity index (χ1) is 12.8. The van der Waals surface area contributed by atoms with Crippen LogP contribution in [0.3, 0.4) is 0 Å². The molecule has 1 saturated heterocycles. The Morgan fingerprint density at radius 3 is 2.81 bits per heavy atom. The van der Waals surface area contributed by atoms with E-state index in [-0.39, 0.29) is 17.7 Å². The predicted molar refractivity (Wildman–Crippen MR) is 105 cm³/mol. The number of nitrogens with zero attached hydrogens (tertiary/aromatic N) is 4. The summed E-state index contributed by atoms with van der Waals surface area (Å²) in [6.07, 6.45) is 6.01. The molecule has 0 aliphatic carbocycles. The second kappa shape index (κ2) is 7.93. The molecule has 3 heterocycles. The number of fused-ring (bicyclic) bond motifs is 1. The van der Waals surface area contributed by atoms with E-state index in [0.717, 1.165) is 23.9 Å². The molecule has 1 aliphatic rings. The molecule has 0 aromatic carbocycles. The fourth-order valence-corrected chi connectivity index (χ4v) is 5.23. The van der Waals surface area contributed by atoms with Crippen molar-refractivity contribution in [1.82, 2.24) is 19.1 Å². The van der Waals surface area contributed by atoms with Gasteiger partial charge < -0.3 is 5.32 Å². The number of pyridine rings is 1. The number of carbonyl (C=O) groups excluding carboxylic acids is 1. The van der Waals surface area contributed by atoms with Crippen LogP contribution in [-0.4, -0.2) is 51.7 Å². The van der Waals surface area contributed by atoms with E-state index in [1.165, 1.54) is 4.31 Å². The van der Waals surface area contributed by atoms with E-state index in [1.807, 2.05) is 31.5 Å². The van der Waals surface area contributed by atoms with Crippen molar-refractivity contribution in [2.24, 2.45) is 0 Å². The molecule has 0 saturated carbocycles. The van der Waals surface area contributed by atoms with Crippen molar-refractivity contribution in [3.8, 4) is 0 Å². The molecule has 0 unspecified atom stereocenters. The molecule has 27 heavy (non-hydrogen) atoms. The standard InChI is InChI=1S/C18H27N5O3S/c1-4-9-27(25,26)22-8-6-5-7-16(22)18(24)21-15-10-14-11-20-23(13(2)3)17(14)19-12-15/h10-13,16H,4-9H2,1-3H3,(H,21,24)/t16-/m1/s1. The number of nitrogens with one attached hydrogen (secondary N) is 1. The average molecular weight is 394 g/mol. The highest BCUT2D eigenvalue weighted by atomic mass is 32.2. The molecule has 0 spiro atoms. The number of piperidine rings is 1. The third-order valence-corrected chi connectivity index (χ3v) is 6.84. The normalized spacial score (nSPS) is 18.9. The third kappa shape index (κ3) is 4.14. The molecule has 3 rings (SSSR count). The maximum absolute atomic E-state index is 12.8. The molecule has 1 aliphatic heterocycles. The third-order valence-electron chi connectivity index (χ3n) is 4.77. The van der Waals surface area contributed by atoms with E-state index >= 15 is 0 Å². The van der Waals surface area contributed by atoms with E-state index < -0.39 is 16.1 Å². The van der Waals surface area contributed by atoms with Gasteiger partial charge in [0.1, 0.15) is 6.04 Å². The van der Waals surface area contributed by atoms with Gasteiger partial charge in [-0.2, -0.15) is 9.40 Å². The zero-order valence-electron chi connectivity index (χ0n) is 16.1. The van der Waals surface area contributed by atoms with Crippen molar-refractivity contribution >= 4 is 32.7 Å². The number of hydrogen-bond acceptors (Lipinski definition) is 5. The molecule has 148 valence electrons. The maximum Gasteiger partial charge on any atom is 0.242 e. The van der Waals surface area contributed by atoms with Crippen molar-refractivity contribution in [2.75, 3.05) is 17.6 Å². The van der Waals surface area contributed by atoms with Crippen molar-refractivity contribution in [3.05, 3.63) is 18.5 Å². The molecular weight excluding hydrogens is 366 g/mol. The summed E-state index contributed by atoms with van der Waals surface area (Å²) in [6, 6.07) is 1.35. The van der Waals surface area contributed by atoms with Gasteiger partial charge in [0.15, 0.2) is 5.65 Å². The van der Waals surface area contributed by atoms with Gasteiger partial charge in [-0.1, -0.05) is 13.3 Å². The van der Waals surface area contributed by atoms with Crippen molar-refractivity contribution in [1.29, 1.82) is 0 Å². The van der Waals surface area contributed by atoms with E-state index in [2.05, 4.69) is 15.4 Å². The van der Waals surface area contributed by atoms with Crippen LogP contribution in [0.2, 0.25) is 0 Å². The Labute approximate surface area is 160 Å². The lowest BCUT2D eigenvalue weighted by Crippen LogP contribution is -2.50. The Bertz CT molecular complexity index is 922. The molecule has 2 aromatic heterocycles. The molecule has 1 amide bonds. The van der Waals surface area contributed by atoms with Crippen LogP contribution in [0.25, 0.3) is 11.0 Å². The van der Waals surface area contributed by atoms with Crippen molar-refractivity contribution < 1.29 is 13.2 Å². The Kier molecular flexibility index (Phi) is 5.81. The number of amides is 1. The van der Waals surface area contributed by atoms with Gasteiger partial charge in [-0.3, -0.25) is 4.79 Å². The molecule has 2 aromatic rings. The average Bonchev–Trinajstić information content (AvgIpc) is 3.05. The Morgan fingerprint density at radius 1 is 1.33 bits per heavy atom. The predicted octanol–water partition coefficient (Wildman–Crippen LogP) is 2.54. The summed E-state index contributed by atoms with van der Waals surface area (Å²) in [6.45, 7) is 6.28. The van der Waals surface area contributed by atoms with Crippen LogP contribution in [0.4, 0.5) is 5.69 Å². The van der Waals surface area contributed by atoms with Gasteiger partial charge in [-0.05, 0) is 39.2 Å². The Hall–Kier alpha value is -2.00. The summed E-state index contributed by atoms with van der Waals surface area (Å²) in [7, 11) is -3.42. The van der Waals surface area contributed by atoms with Crippen LogP contribution in [-0.2, 0) is 14.8 Å². The van der Waals surface area contributed by atoms with Crippen molar-refractivity contribution in [2.45, 2.75) is 58.5 Å². The van der Waals surface area contributed by atoms with Crippen LogP contribution < -0.4 is 5.32 Å². The minimum Gasteiger partial charge on any atom is -0.323 e. The van der Waals surface area contributed by atoms with Crippen LogP contribution in [0.1, 0.15) is 52.5 Å². The first-order valence-electron chi connectivity index (χ1n) is 9.47. The zero-order valence-corrected chi connectivity index (χ0v) is 16.9. The largest absolute Gasteiger partial charge is 0.323 e. The lowest BCUT2D eigenvalue weighted by molar-refractivity contribution is -0.120. The summed E-state index contributed by atoms with van der Waals surface area (Å²) in [5.74, 6) is -0.231. The Balaban J connectivity index is 1.80. The van der Waals surface area contributed by atoms with Gasteiger partial charge in [0.2, 0.25) is 15.9 Å². The lowest BCUT2D eigenvalue weighted by Gasteiger charge is -2.33. The van der Waals surface area contributed by atoms with E-state index in [0.29, 0.717) is 25.1 Å². The van der Waals surface area contributed by atoms with Gasteiger partial charge in [-0.15, -0.1) is 0 Å². The highest BCUT2D eigenvalue weighted by Gasteiger charge is 2.36. The first-order valence-corrected chi connectivity index (χ1v) is 11.1. The van der Waals surface area contributed by atoms with Crippen LogP contribution >= 0.6 is 0 Å². The molecule has 1 atom stereocenters. The van der Waals surface area contributed by atoms with Crippen molar-refractivity contribution in [3.63, 3.8) is 0 Å². The number of anilines is 1. The molecule has 9 heteroatoms. The smallest absolute Gasteiger partial charge is 0.242 e. The van der Waals surface area contributed by atoms with Gasteiger partial charge in [0, 0.05) is 18.0 Å². The summed E-state index contributed by atoms with van der Waals surface area (Å²) in [5, 5.41) is 8.00. The molecular formula is C18H27N5O3S. The minimum absolute atomic E-state index is 0.0681. The van der Waals surface area contributed by atoms with E-state index in [9.17, 15) is 13.2 Å². The van der Waals surface area contributed by atoms with Crippen LogP contribution in [0, 0.1) is 0 Å². The van der Waals surface area contributed by atoms with E-state index in [1.54, 1.807) is 12.4 Å². The number of aromatic nitrogens is 3. The minimum atomic E-state index is -3.42. The van der Waals surface area contributed by atoms with Crippen LogP contribution in [0.5, 0.6) is 0 Å². The summed E-state index contributed by atoms with van der Waals surface area (Å²) >= 11 is 0. The summed E-state index contributed by atoms with van der Waals surface area (Å²) in [5.41, 5.74) is 1.31. The highest BCUT2D eigenvalue weighted by molar-refractivity contribution is 7.89. The van der Waals surface area contributed by atoms with E-state index in [4.69, 9.17) is 0 Å². The molecule has 0 radical (unpaired) electrons. The molecule has 1 N–H and O–H groups in total. The van der Waals surface area contributed by atoms with Gasteiger partial charge in [0.25, 0.3) is 0 Å². The molecule has 0 bridgehead atoms. The summed E-state index contributed by atoms with van der Waals surface area (Å²) in [4.78, 5) is 17.2. The fraction of sp³-hybridized carbons (Fsp3) is 0.611. The maximum atomic E-state index is 12.8. The lowest BCUT2D eigenvalue weighted by atomic mass is 10.0. The monoisotopic (exact) mass is 393 g/mol. The van der Waals surface area contributed by atoms with Crippen LogP contribution in [0.15, 0.2) is 18.5 Å². The zero-order chi connectivity index (χ0) is 19.6. The van der Waals surface area contributed by atoms with Gasteiger partial charge >= 0.3 is 0 Å².